The SMILES string of the molecule is COCc1ccc(C(=O)N(C)C(C)C(=O)O)o1. The number of ether oxygens (including phenoxy) is 1. The molecule has 1 rings (SSSR count). The van der Waals surface area contributed by atoms with Gasteiger partial charge in [0.15, 0.2) is 5.76 Å². The van der Waals surface area contributed by atoms with Crippen molar-refractivity contribution in [2.24, 2.45) is 0 Å². The van der Waals surface area contributed by atoms with Crippen molar-refractivity contribution in [1.82, 2.24) is 4.90 Å². The molecule has 0 saturated carbocycles. The van der Waals surface area contributed by atoms with Gasteiger partial charge in [0, 0.05) is 14.2 Å². The van der Waals surface area contributed by atoms with Gasteiger partial charge in [0.1, 0.15) is 18.4 Å². The zero-order valence-corrected chi connectivity index (χ0v) is 9.97. The summed E-state index contributed by atoms with van der Waals surface area (Å²) in [6.07, 6.45) is 0. The Hall–Kier alpha value is -1.82. The molecular formula is C11H15NO5. The largest absolute Gasteiger partial charge is 0.480 e. The minimum Gasteiger partial charge on any atom is -0.480 e. The van der Waals surface area contributed by atoms with Crippen LogP contribution in [0.25, 0.3) is 0 Å². The molecule has 0 saturated heterocycles. The van der Waals surface area contributed by atoms with Crippen LogP contribution < -0.4 is 0 Å². The highest BCUT2D eigenvalue weighted by atomic mass is 16.5. The van der Waals surface area contributed by atoms with Crippen LogP contribution >= 0.6 is 0 Å². The average molecular weight is 241 g/mol. The van der Waals surface area contributed by atoms with Gasteiger partial charge >= 0.3 is 5.97 Å². The van der Waals surface area contributed by atoms with E-state index in [9.17, 15) is 9.59 Å². The standard InChI is InChI=1S/C11H15NO5/c1-7(11(14)15)12(2)10(13)9-5-4-8(17-9)6-16-3/h4-5,7H,6H2,1-3H3,(H,14,15). The van der Waals surface area contributed by atoms with Gasteiger partial charge in [-0.3, -0.25) is 4.79 Å². The maximum absolute atomic E-state index is 11.8. The van der Waals surface area contributed by atoms with Gasteiger partial charge in [-0.05, 0) is 19.1 Å². The van der Waals surface area contributed by atoms with Crippen molar-refractivity contribution < 1.29 is 23.8 Å². The fraction of sp³-hybridized carbons (Fsp3) is 0.455. The Morgan fingerprint density at radius 2 is 2.18 bits per heavy atom. The molecule has 1 aromatic heterocycles. The minimum absolute atomic E-state index is 0.104. The van der Waals surface area contributed by atoms with Crippen LogP contribution in [-0.4, -0.2) is 42.1 Å². The number of hydrogen-bond donors (Lipinski definition) is 1. The van der Waals surface area contributed by atoms with E-state index >= 15 is 0 Å². The van der Waals surface area contributed by atoms with Crippen LogP contribution in [0.4, 0.5) is 0 Å². The second-order valence-electron chi connectivity index (χ2n) is 3.63. The van der Waals surface area contributed by atoms with Crippen molar-refractivity contribution in [3.8, 4) is 0 Å². The van der Waals surface area contributed by atoms with Crippen LogP contribution in [0.5, 0.6) is 0 Å². The van der Waals surface area contributed by atoms with Gasteiger partial charge < -0.3 is 19.2 Å². The van der Waals surface area contributed by atoms with Crippen LogP contribution in [0.15, 0.2) is 16.5 Å². The number of furan rings is 1. The molecule has 0 fully saturated rings. The van der Waals surface area contributed by atoms with Gasteiger partial charge in [-0.1, -0.05) is 0 Å². The molecule has 0 aliphatic rings. The lowest BCUT2D eigenvalue weighted by Gasteiger charge is -2.19. The van der Waals surface area contributed by atoms with Crippen LogP contribution in [0, 0.1) is 0 Å². The van der Waals surface area contributed by atoms with Crippen molar-refractivity contribution in [3.63, 3.8) is 0 Å². The Kier molecular flexibility index (Phi) is 4.28. The number of nitrogens with zero attached hydrogens (tertiary/aromatic N) is 1. The molecule has 0 radical (unpaired) electrons. The van der Waals surface area contributed by atoms with Crippen LogP contribution in [-0.2, 0) is 16.1 Å². The highest BCUT2D eigenvalue weighted by molar-refractivity contribution is 5.94. The van der Waals surface area contributed by atoms with Crippen molar-refractivity contribution >= 4 is 11.9 Å². The first kappa shape index (κ1) is 13.2. The molecule has 6 heteroatoms. The molecule has 94 valence electrons. The summed E-state index contributed by atoms with van der Waals surface area (Å²) in [4.78, 5) is 23.7. The third-order valence-corrected chi connectivity index (χ3v) is 2.42. The quantitative estimate of drug-likeness (QED) is 0.830. The minimum atomic E-state index is -1.07. The molecule has 17 heavy (non-hydrogen) atoms. The van der Waals surface area contributed by atoms with E-state index < -0.39 is 17.9 Å². The maximum Gasteiger partial charge on any atom is 0.326 e. The van der Waals surface area contributed by atoms with Crippen molar-refractivity contribution in [2.45, 2.75) is 19.6 Å². The number of carbonyl (C=O) groups is 2. The topological polar surface area (TPSA) is 80.0 Å². The van der Waals surface area contributed by atoms with E-state index in [0.29, 0.717) is 5.76 Å². The highest BCUT2D eigenvalue weighted by Gasteiger charge is 2.24. The fourth-order valence-corrected chi connectivity index (χ4v) is 1.23. The number of carboxylic acids is 1. The number of carboxylic acid groups (broad SMARTS) is 1. The summed E-state index contributed by atoms with van der Waals surface area (Å²) in [7, 11) is 2.93. The molecular weight excluding hydrogens is 226 g/mol. The third-order valence-electron chi connectivity index (χ3n) is 2.42. The number of hydrogen-bond acceptors (Lipinski definition) is 4. The highest BCUT2D eigenvalue weighted by Crippen LogP contribution is 2.12. The number of likely N-dealkylation sites (N-methyl/N-ethyl adjacent to an activating group) is 1. The third kappa shape index (κ3) is 3.07. The molecule has 6 nitrogen and oxygen atoms in total. The second-order valence-corrected chi connectivity index (χ2v) is 3.63. The Balaban J connectivity index is 2.77. The van der Waals surface area contributed by atoms with Crippen molar-refractivity contribution in [3.05, 3.63) is 23.7 Å². The summed E-state index contributed by atoms with van der Waals surface area (Å²) in [6.45, 7) is 1.70. The first-order valence-corrected chi connectivity index (χ1v) is 5.05. The first-order chi connectivity index (χ1) is 7.97. The smallest absolute Gasteiger partial charge is 0.326 e. The van der Waals surface area contributed by atoms with Gasteiger partial charge in [-0.25, -0.2) is 4.79 Å². The molecule has 0 aliphatic carbocycles. The predicted molar refractivity (Wildman–Crippen MR) is 58.6 cm³/mol. The Labute approximate surface area is 98.8 Å². The fourth-order valence-electron chi connectivity index (χ4n) is 1.23. The van der Waals surface area contributed by atoms with Crippen LogP contribution in [0.2, 0.25) is 0 Å². The average Bonchev–Trinajstić information content (AvgIpc) is 2.75. The molecule has 0 aromatic carbocycles. The second kappa shape index (κ2) is 5.49. The maximum atomic E-state index is 11.8. The summed E-state index contributed by atoms with van der Waals surface area (Å²) in [5.41, 5.74) is 0. The van der Waals surface area contributed by atoms with E-state index in [2.05, 4.69) is 0 Å². The molecule has 0 aliphatic heterocycles. The lowest BCUT2D eigenvalue weighted by molar-refractivity contribution is -0.141. The van der Waals surface area contributed by atoms with Crippen LogP contribution in [0.3, 0.4) is 0 Å². The molecule has 0 spiro atoms. The molecule has 1 atom stereocenters. The van der Waals surface area contributed by atoms with Crippen molar-refractivity contribution in [2.75, 3.05) is 14.2 Å². The summed E-state index contributed by atoms with van der Waals surface area (Å²) < 4.78 is 10.1. The lowest BCUT2D eigenvalue weighted by Crippen LogP contribution is -2.40. The molecule has 1 unspecified atom stereocenters. The molecule has 1 N–H and O–H groups in total. The summed E-state index contributed by atoms with van der Waals surface area (Å²) in [6, 6.07) is 2.22. The number of amides is 1. The molecule has 1 heterocycles. The van der Waals surface area contributed by atoms with Gasteiger partial charge in [0.05, 0.1) is 0 Å². The Morgan fingerprint density at radius 3 is 2.71 bits per heavy atom. The number of methoxy groups -OCH3 is 1. The van der Waals surface area contributed by atoms with Gasteiger partial charge in [-0.2, -0.15) is 0 Å². The van der Waals surface area contributed by atoms with Gasteiger partial charge in [-0.15, -0.1) is 0 Å². The van der Waals surface area contributed by atoms with E-state index in [1.165, 1.54) is 27.1 Å². The molecule has 1 amide bonds. The van der Waals surface area contributed by atoms with E-state index in [1.54, 1.807) is 6.07 Å². The Morgan fingerprint density at radius 1 is 1.53 bits per heavy atom. The lowest BCUT2D eigenvalue weighted by atomic mass is 10.3. The van der Waals surface area contributed by atoms with E-state index in [0.717, 1.165) is 4.90 Å². The van der Waals surface area contributed by atoms with E-state index in [1.807, 2.05) is 0 Å². The number of carbonyl (C=O) groups excluding carboxylic acids is 1. The summed E-state index contributed by atoms with van der Waals surface area (Å²) in [5, 5.41) is 8.79. The molecule has 0 bridgehead atoms. The Bertz CT molecular complexity index is 412. The first-order valence-electron chi connectivity index (χ1n) is 5.05. The van der Waals surface area contributed by atoms with Gasteiger partial charge in [0.25, 0.3) is 5.91 Å². The summed E-state index contributed by atoms with van der Waals surface area (Å²) in [5.74, 6) is -0.911. The predicted octanol–water partition coefficient (Wildman–Crippen LogP) is 0.971. The summed E-state index contributed by atoms with van der Waals surface area (Å²) >= 11 is 0. The van der Waals surface area contributed by atoms with Crippen LogP contribution in [0.1, 0.15) is 23.2 Å². The molecule has 1 aromatic rings. The zero-order valence-electron chi connectivity index (χ0n) is 9.97. The van der Waals surface area contributed by atoms with Crippen molar-refractivity contribution in [1.29, 1.82) is 0 Å². The normalized spacial score (nSPS) is 12.2. The van der Waals surface area contributed by atoms with E-state index in [4.69, 9.17) is 14.3 Å². The van der Waals surface area contributed by atoms with Gasteiger partial charge in [0.2, 0.25) is 0 Å². The number of rotatable bonds is 5. The monoisotopic (exact) mass is 241 g/mol. The zero-order chi connectivity index (χ0) is 13.0. The van der Waals surface area contributed by atoms with E-state index in [-0.39, 0.29) is 12.4 Å². The number of aliphatic carboxylic acids is 1.